The molecule has 0 bridgehead atoms. The van der Waals surface area contributed by atoms with Gasteiger partial charge in [0.25, 0.3) is 0 Å². The SMILES string of the molecule is CC(=O)N(CCC(=O)Nc1ccc(N2CCCC2)cc1)Cc1ccncc1. The number of amides is 2. The molecule has 0 atom stereocenters. The molecule has 1 aromatic heterocycles. The van der Waals surface area contributed by atoms with E-state index in [0.29, 0.717) is 13.1 Å². The summed E-state index contributed by atoms with van der Waals surface area (Å²) in [5.74, 6) is -0.139. The average molecular weight is 366 g/mol. The quantitative estimate of drug-likeness (QED) is 0.818. The van der Waals surface area contributed by atoms with Crippen LogP contribution in [0.5, 0.6) is 0 Å². The third-order valence-electron chi connectivity index (χ3n) is 4.80. The van der Waals surface area contributed by atoms with Gasteiger partial charge in [0.2, 0.25) is 11.8 Å². The van der Waals surface area contributed by atoms with Crippen LogP contribution in [0.25, 0.3) is 0 Å². The molecule has 1 fully saturated rings. The number of anilines is 2. The molecular formula is C21H26N4O2. The summed E-state index contributed by atoms with van der Waals surface area (Å²) in [7, 11) is 0. The van der Waals surface area contributed by atoms with Gasteiger partial charge in [0.15, 0.2) is 0 Å². The van der Waals surface area contributed by atoms with Crippen LogP contribution in [0.4, 0.5) is 11.4 Å². The number of nitrogens with zero attached hydrogens (tertiary/aromatic N) is 3. The molecule has 6 heteroatoms. The highest BCUT2D eigenvalue weighted by Crippen LogP contribution is 2.22. The molecule has 3 rings (SSSR count). The topological polar surface area (TPSA) is 65.5 Å². The van der Waals surface area contributed by atoms with Crippen molar-refractivity contribution in [3.63, 3.8) is 0 Å². The van der Waals surface area contributed by atoms with Crippen LogP contribution in [-0.2, 0) is 16.1 Å². The Labute approximate surface area is 160 Å². The lowest BCUT2D eigenvalue weighted by atomic mass is 10.2. The number of aromatic nitrogens is 1. The molecule has 27 heavy (non-hydrogen) atoms. The van der Waals surface area contributed by atoms with Gasteiger partial charge in [-0.2, -0.15) is 0 Å². The Hall–Kier alpha value is -2.89. The Kier molecular flexibility index (Phi) is 6.41. The van der Waals surface area contributed by atoms with Gasteiger partial charge in [-0.3, -0.25) is 14.6 Å². The van der Waals surface area contributed by atoms with Crippen LogP contribution in [0.3, 0.4) is 0 Å². The second-order valence-corrected chi connectivity index (χ2v) is 6.84. The number of pyridine rings is 1. The van der Waals surface area contributed by atoms with E-state index in [4.69, 9.17) is 0 Å². The number of hydrogen-bond donors (Lipinski definition) is 1. The average Bonchev–Trinajstić information content (AvgIpc) is 3.21. The van der Waals surface area contributed by atoms with Crippen molar-refractivity contribution >= 4 is 23.2 Å². The molecule has 1 aliphatic rings. The Balaban J connectivity index is 1.49. The second kappa shape index (κ2) is 9.16. The molecule has 0 aliphatic carbocycles. The van der Waals surface area contributed by atoms with Crippen molar-refractivity contribution in [2.45, 2.75) is 32.7 Å². The molecule has 1 aliphatic heterocycles. The fourth-order valence-electron chi connectivity index (χ4n) is 3.25. The molecule has 2 aromatic rings. The van der Waals surface area contributed by atoms with E-state index in [1.165, 1.54) is 25.5 Å². The van der Waals surface area contributed by atoms with Gasteiger partial charge >= 0.3 is 0 Å². The summed E-state index contributed by atoms with van der Waals surface area (Å²) in [6, 6.07) is 11.7. The van der Waals surface area contributed by atoms with Crippen molar-refractivity contribution < 1.29 is 9.59 Å². The lowest BCUT2D eigenvalue weighted by Gasteiger charge is -2.21. The van der Waals surface area contributed by atoms with Crippen LogP contribution in [0.15, 0.2) is 48.8 Å². The predicted octanol–water partition coefficient (Wildman–Crippen LogP) is 3.06. The first-order valence-electron chi connectivity index (χ1n) is 9.41. The van der Waals surface area contributed by atoms with E-state index in [9.17, 15) is 9.59 Å². The van der Waals surface area contributed by atoms with E-state index in [1.807, 2.05) is 36.4 Å². The van der Waals surface area contributed by atoms with E-state index in [0.717, 1.165) is 24.3 Å². The van der Waals surface area contributed by atoms with Gasteiger partial charge < -0.3 is 15.1 Å². The lowest BCUT2D eigenvalue weighted by molar-refractivity contribution is -0.129. The molecule has 0 spiro atoms. The summed E-state index contributed by atoms with van der Waals surface area (Å²) >= 11 is 0. The van der Waals surface area contributed by atoms with Crippen LogP contribution in [0.1, 0.15) is 31.7 Å². The standard InChI is InChI=1S/C21H26N4O2/c1-17(26)25(16-18-8-11-22-12-9-18)15-10-21(27)23-19-4-6-20(7-5-19)24-13-2-3-14-24/h4-9,11-12H,2-3,10,13-16H2,1H3,(H,23,27). The zero-order valence-corrected chi connectivity index (χ0v) is 15.7. The predicted molar refractivity (Wildman–Crippen MR) is 106 cm³/mol. The minimum atomic E-state index is -0.0927. The molecule has 1 aromatic carbocycles. The van der Waals surface area contributed by atoms with Gasteiger partial charge in [0.1, 0.15) is 0 Å². The van der Waals surface area contributed by atoms with Gasteiger partial charge in [-0.05, 0) is 54.8 Å². The normalized spacial score (nSPS) is 13.4. The number of carbonyl (C=O) groups is 2. The van der Waals surface area contributed by atoms with E-state index >= 15 is 0 Å². The highest BCUT2D eigenvalue weighted by Gasteiger charge is 2.14. The number of hydrogen-bond acceptors (Lipinski definition) is 4. The van der Waals surface area contributed by atoms with Crippen LogP contribution < -0.4 is 10.2 Å². The molecule has 2 heterocycles. The number of carbonyl (C=O) groups excluding carboxylic acids is 2. The first kappa shape index (κ1) is 18.9. The molecule has 0 unspecified atom stereocenters. The zero-order chi connectivity index (χ0) is 19.1. The smallest absolute Gasteiger partial charge is 0.226 e. The maximum Gasteiger partial charge on any atom is 0.226 e. The molecule has 2 amide bonds. The van der Waals surface area contributed by atoms with E-state index in [-0.39, 0.29) is 18.2 Å². The van der Waals surface area contributed by atoms with Gasteiger partial charge in [-0.25, -0.2) is 0 Å². The van der Waals surface area contributed by atoms with E-state index in [2.05, 4.69) is 15.2 Å². The number of rotatable bonds is 7. The Morgan fingerprint density at radius 2 is 1.74 bits per heavy atom. The largest absolute Gasteiger partial charge is 0.372 e. The highest BCUT2D eigenvalue weighted by molar-refractivity contribution is 5.91. The Morgan fingerprint density at radius 1 is 1.07 bits per heavy atom. The van der Waals surface area contributed by atoms with Gasteiger partial charge in [-0.15, -0.1) is 0 Å². The summed E-state index contributed by atoms with van der Waals surface area (Å²) in [5, 5.41) is 2.91. The van der Waals surface area contributed by atoms with Crippen molar-refractivity contribution in [1.82, 2.24) is 9.88 Å². The monoisotopic (exact) mass is 366 g/mol. The van der Waals surface area contributed by atoms with Crippen molar-refractivity contribution in [3.05, 3.63) is 54.4 Å². The lowest BCUT2D eigenvalue weighted by Crippen LogP contribution is -2.31. The summed E-state index contributed by atoms with van der Waals surface area (Å²) < 4.78 is 0. The molecule has 142 valence electrons. The zero-order valence-electron chi connectivity index (χ0n) is 15.7. The maximum absolute atomic E-state index is 12.3. The number of benzene rings is 1. The number of nitrogens with one attached hydrogen (secondary N) is 1. The van der Waals surface area contributed by atoms with Crippen molar-refractivity contribution in [3.8, 4) is 0 Å². The third-order valence-corrected chi connectivity index (χ3v) is 4.80. The first-order valence-corrected chi connectivity index (χ1v) is 9.41. The van der Waals surface area contributed by atoms with Gasteiger partial charge in [-0.1, -0.05) is 0 Å². The van der Waals surface area contributed by atoms with E-state index in [1.54, 1.807) is 17.3 Å². The maximum atomic E-state index is 12.3. The van der Waals surface area contributed by atoms with Crippen LogP contribution >= 0.6 is 0 Å². The minimum Gasteiger partial charge on any atom is -0.372 e. The molecule has 6 nitrogen and oxygen atoms in total. The molecule has 0 radical (unpaired) electrons. The summed E-state index contributed by atoms with van der Waals surface area (Å²) in [6.45, 7) is 4.59. The molecule has 0 saturated carbocycles. The van der Waals surface area contributed by atoms with E-state index < -0.39 is 0 Å². The molecular weight excluding hydrogens is 340 g/mol. The van der Waals surface area contributed by atoms with Gasteiger partial charge in [0, 0.05) is 63.3 Å². The Bertz CT molecular complexity index is 756. The van der Waals surface area contributed by atoms with Crippen molar-refractivity contribution in [2.75, 3.05) is 29.9 Å². The third kappa shape index (κ3) is 5.54. The van der Waals surface area contributed by atoms with Crippen LogP contribution in [-0.4, -0.2) is 41.3 Å². The second-order valence-electron chi connectivity index (χ2n) is 6.84. The fraction of sp³-hybridized carbons (Fsp3) is 0.381. The minimum absolute atomic E-state index is 0.0467. The molecule has 1 saturated heterocycles. The van der Waals surface area contributed by atoms with Crippen LogP contribution in [0, 0.1) is 0 Å². The summed E-state index contributed by atoms with van der Waals surface area (Å²) in [4.78, 5) is 32.1. The molecule has 1 N–H and O–H groups in total. The van der Waals surface area contributed by atoms with Crippen molar-refractivity contribution in [2.24, 2.45) is 0 Å². The highest BCUT2D eigenvalue weighted by atomic mass is 16.2. The Morgan fingerprint density at radius 3 is 2.37 bits per heavy atom. The first-order chi connectivity index (χ1) is 13.1. The summed E-state index contributed by atoms with van der Waals surface area (Å²) in [5.41, 5.74) is 2.98. The fourth-order valence-corrected chi connectivity index (χ4v) is 3.25. The van der Waals surface area contributed by atoms with Crippen LogP contribution in [0.2, 0.25) is 0 Å². The van der Waals surface area contributed by atoms with Gasteiger partial charge in [0.05, 0.1) is 0 Å². The van der Waals surface area contributed by atoms with Crippen molar-refractivity contribution in [1.29, 1.82) is 0 Å². The summed E-state index contributed by atoms with van der Waals surface area (Å²) in [6.07, 6.45) is 6.14.